The third-order valence-corrected chi connectivity index (χ3v) is 4.39. The zero-order chi connectivity index (χ0) is 20.9. The predicted molar refractivity (Wildman–Crippen MR) is 96.8 cm³/mol. The fraction of sp³-hybridized carbons (Fsp3) is 0.389. The molecule has 1 fully saturated rings. The van der Waals surface area contributed by atoms with Gasteiger partial charge in [-0.15, -0.1) is 0 Å². The minimum atomic E-state index is -1.43. The number of amides is 6. The fourth-order valence-corrected chi connectivity index (χ4v) is 2.57. The van der Waals surface area contributed by atoms with Gasteiger partial charge in [0, 0.05) is 12.6 Å². The van der Waals surface area contributed by atoms with Gasteiger partial charge in [-0.3, -0.25) is 24.6 Å². The molecule has 1 aromatic carbocycles. The summed E-state index contributed by atoms with van der Waals surface area (Å²) in [4.78, 5) is 61.3. The second-order valence-electron chi connectivity index (χ2n) is 6.36. The second-order valence-corrected chi connectivity index (χ2v) is 6.36. The van der Waals surface area contributed by atoms with Gasteiger partial charge in [0.15, 0.2) is 0 Å². The van der Waals surface area contributed by atoms with E-state index in [2.05, 4.69) is 10.6 Å². The van der Waals surface area contributed by atoms with Crippen LogP contribution < -0.4 is 16.0 Å². The van der Waals surface area contributed by atoms with Crippen LogP contribution in [0, 0.1) is 0 Å². The van der Waals surface area contributed by atoms with Crippen LogP contribution in [0.4, 0.5) is 9.59 Å². The number of nitrogens with zero attached hydrogens (tertiary/aromatic N) is 1. The lowest BCUT2D eigenvalue weighted by Crippen LogP contribution is -2.44. The third kappa shape index (κ3) is 4.45. The highest BCUT2D eigenvalue weighted by molar-refractivity contribution is 6.08. The van der Waals surface area contributed by atoms with Crippen molar-refractivity contribution in [1.29, 1.82) is 0 Å². The molecule has 2 rings (SSSR count). The largest absolute Gasteiger partial charge is 0.446 e. The molecule has 0 aliphatic carbocycles. The molecule has 1 saturated heterocycles. The average molecular weight is 390 g/mol. The van der Waals surface area contributed by atoms with Crippen molar-refractivity contribution in [1.82, 2.24) is 20.9 Å². The van der Waals surface area contributed by atoms with Gasteiger partial charge in [-0.05, 0) is 13.3 Å². The molecule has 150 valence electrons. The predicted octanol–water partition coefficient (Wildman–Crippen LogP) is 0.447. The summed E-state index contributed by atoms with van der Waals surface area (Å²) in [7, 11) is 1.33. The lowest BCUT2D eigenvalue weighted by atomic mass is 9.99. The van der Waals surface area contributed by atoms with Crippen LogP contribution in [0.5, 0.6) is 0 Å². The number of urea groups is 2. The van der Waals surface area contributed by atoms with Gasteiger partial charge in [0.05, 0.1) is 0 Å². The monoisotopic (exact) mass is 390 g/mol. The van der Waals surface area contributed by atoms with Crippen molar-refractivity contribution in [3.63, 3.8) is 0 Å². The fourth-order valence-electron chi connectivity index (χ4n) is 2.57. The Balaban J connectivity index is 2.14. The molecule has 1 aromatic rings. The first-order valence-corrected chi connectivity index (χ1v) is 8.63. The Hall–Kier alpha value is -3.43. The topological polar surface area (TPSA) is 134 Å². The molecule has 0 bridgehead atoms. The number of esters is 1. The van der Waals surface area contributed by atoms with Gasteiger partial charge >= 0.3 is 18.0 Å². The molecule has 1 aliphatic rings. The molecule has 6 amide bonds. The molecule has 10 heteroatoms. The maximum atomic E-state index is 12.4. The van der Waals surface area contributed by atoms with Crippen LogP contribution in [0.1, 0.15) is 31.9 Å². The Morgan fingerprint density at radius 3 is 2.39 bits per heavy atom. The molecule has 0 unspecified atom stereocenters. The lowest BCUT2D eigenvalue weighted by Gasteiger charge is -2.20. The van der Waals surface area contributed by atoms with Gasteiger partial charge in [-0.1, -0.05) is 37.3 Å². The van der Waals surface area contributed by atoms with Crippen molar-refractivity contribution >= 4 is 29.8 Å². The van der Waals surface area contributed by atoms with E-state index in [0.717, 1.165) is 4.90 Å². The van der Waals surface area contributed by atoms with Crippen molar-refractivity contribution in [2.75, 3.05) is 13.6 Å². The zero-order valence-corrected chi connectivity index (χ0v) is 15.8. The number of benzene rings is 1. The first kappa shape index (κ1) is 20.9. The zero-order valence-electron chi connectivity index (χ0n) is 15.8. The number of carbonyl (C=O) groups excluding carboxylic acids is 5. The summed E-state index contributed by atoms with van der Waals surface area (Å²) >= 11 is 0. The second kappa shape index (κ2) is 8.51. The number of nitrogens with one attached hydrogen (secondary N) is 3. The summed E-state index contributed by atoms with van der Waals surface area (Å²) in [5.41, 5.74) is -0.764. The SMILES string of the molecule is CC[C@]1(C)NC(=O)N(CC(=O)O[C@@H](C(=O)NC(=O)NC)c2ccccc2)C1=O. The smallest absolute Gasteiger partial charge is 0.327 e. The maximum Gasteiger partial charge on any atom is 0.327 e. The molecule has 10 nitrogen and oxygen atoms in total. The molecule has 28 heavy (non-hydrogen) atoms. The summed E-state index contributed by atoms with van der Waals surface area (Å²) in [6, 6.07) is 6.58. The van der Waals surface area contributed by atoms with Gasteiger partial charge < -0.3 is 15.4 Å². The van der Waals surface area contributed by atoms with E-state index in [0.29, 0.717) is 12.0 Å². The summed E-state index contributed by atoms with van der Waals surface area (Å²) in [6.45, 7) is 2.63. The van der Waals surface area contributed by atoms with Crippen LogP contribution in [0.2, 0.25) is 0 Å². The molecular formula is C18H22N4O6. The van der Waals surface area contributed by atoms with E-state index < -0.39 is 48.0 Å². The van der Waals surface area contributed by atoms with Crippen molar-refractivity contribution < 1.29 is 28.7 Å². The number of carbonyl (C=O) groups is 5. The highest BCUT2D eigenvalue weighted by atomic mass is 16.5. The number of rotatable bonds is 6. The van der Waals surface area contributed by atoms with Crippen LogP contribution in [-0.4, -0.2) is 53.9 Å². The van der Waals surface area contributed by atoms with E-state index in [9.17, 15) is 24.0 Å². The Kier molecular flexibility index (Phi) is 6.34. The van der Waals surface area contributed by atoms with Crippen molar-refractivity contribution in [3.05, 3.63) is 35.9 Å². The third-order valence-electron chi connectivity index (χ3n) is 4.39. The summed E-state index contributed by atoms with van der Waals surface area (Å²) < 4.78 is 5.20. The van der Waals surface area contributed by atoms with Crippen LogP contribution in [0.15, 0.2) is 30.3 Å². The Morgan fingerprint density at radius 2 is 1.86 bits per heavy atom. The molecule has 0 saturated carbocycles. The van der Waals surface area contributed by atoms with Crippen molar-refractivity contribution in [2.45, 2.75) is 31.9 Å². The van der Waals surface area contributed by atoms with Crippen LogP contribution in [-0.2, 0) is 19.1 Å². The van der Waals surface area contributed by atoms with E-state index in [4.69, 9.17) is 4.74 Å². The quantitative estimate of drug-likeness (QED) is 0.477. The van der Waals surface area contributed by atoms with Gasteiger partial charge in [-0.25, -0.2) is 9.59 Å². The van der Waals surface area contributed by atoms with Crippen LogP contribution in [0.25, 0.3) is 0 Å². The highest BCUT2D eigenvalue weighted by Crippen LogP contribution is 2.22. The number of imide groups is 2. The minimum absolute atomic E-state index is 0.327. The molecular weight excluding hydrogens is 368 g/mol. The molecule has 0 spiro atoms. The molecule has 1 heterocycles. The van der Waals surface area contributed by atoms with Gasteiger partial charge in [0.2, 0.25) is 6.10 Å². The molecule has 1 aliphatic heterocycles. The summed E-state index contributed by atoms with van der Waals surface area (Å²) in [5, 5.41) is 6.79. The van der Waals surface area contributed by atoms with E-state index >= 15 is 0 Å². The van der Waals surface area contributed by atoms with Gasteiger partial charge in [0.1, 0.15) is 12.1 Å². The Labute approximate surface area is 161 Å². The first-order valence-electron chi connectivity index (χ1n) is 8.63. The normalized spacial score (nSPS) is 19.6. The molecule has 3 N–H and O–H groups in total. The summed E-state index contributed by atoms with van der Waals surface area (Å²) in [6.07, 6.45) is -1.08. The van der Waals surface area contributed by atoms with Crippen LogP contribution in [0.3, 0.4) is 0 Å². The number of hydrogen-bond donors (Lipinski definition) is 3. The Bertz CT molecular complexity index is 797. The summed E-state index contributed by atoms with van der Waals surface area (Å²) in [5.74, 6) is -2.39. The first-order chi connectivity index (χ1) is 13.2. The number of ether oxygens (including phenoxy) is 1. The minimum Gasteiger partial charge on any atom is -0.446 e. The Morgan fingerprint density at radius 1 is 1.21 bits per heavy atom. The van der Waals surface area contributed by atoms with E-state index in [1.54, 1.807) is 44.2 Å². The van der Waals surface area contributed by atoms with E-state index in [1.807, 2.05) is 5.32 Å². The number of hydrogen-bond acceptors (Lipinski definition) is 6. The van der Waals surface area contributed by atoms with Crippen molar-refractivity contribution in [3.8, 4) is 0 Å². The molecule has 0 aromatic heterocycles. The highest BCUT2D eigenvalue weighted by Gasteiger charge is 2.47. The average Bonchev–Trinajstić information content (AvgIpc) is 2.90. The van der Waals surface area contributed by atoms with E-state index in [1.165, 1.54) is 7.05 Å². The van der Waals surface area contributed by atoms with Crippen molar-refractivity contribution in [2.24, 2.45) is 0 Å². The van der Waals surface area contributed by atoms with Gasteiger partial charge in [-0.2, -0.15) is 0 Å². The van der Waals surface area contributed by atoms with Gasteiger partial charge in [0.25, 0.3) is 11.8 Å². The lowest BCUT2D eigenvalue weighted by molar-refractivity contribution is -0.157. The molecule has 0 radical (unpaired) electrons. The molecule has 2 atom stereocenters. The maximum absolute atomic E-state index is 12.4. The standard InChI is InChI=1S/C18H22N4O6/c1-4-18(2)15(25)22(17(27)21-18)10-12(23)28-13(11-8-6-5-7-9-11)14(24)20-16(26)19-3/h5-9,13H,4,10H2,1-3H3,(H,21,27)(H2,19,20,24,26)/t13-,18+/m1/s1. The van der Waals surface area contributed by atoms with E-state index in [-0.39, 0.29) is 0 Å². The van der Waals surface area contributed by atoms with Crippen LogP contribution >= 0.6 is 0 Å².